The maximum Gasteiger partial charge on any atom is 0.145 e. The molecule has 252 valence electrons. The first-order chi connectivity index (χ1) is 26.8. The molecule has 8 aromatic carbocycles. The van der Waals surface area contributed by atoms with Gasteiger partial charge in [-0.2, -0.15) is 0 Å². The van der Waals surface area contributed by atoms with Gasteiger partial charge >= 0.3 is 0 Å². The average Bonchev–Trinajstić information content (AvgIpc) is 3.79. The van der Waals surface area contributed by atoms with Gasteiger partial charge in [0.2, 0.25) is 0 Å². The second-order valence-electron chi connectivity index (χ2n) is 13.8. The van der Waals surface area contributed by atoms with Crippen LogP contribution in [0.2, 0.25) is 0 Å². The number of hydrogen-bond acceptors (Lipinski definition) is 2. The SMILES string of the molecule is c1ccc(-c2nc3cc4c5cc(-c6ccc(-c7nc8ccccc8n7-c7ccccc7)cc6)ccc5n(-c5ccccc5)c4cc3c3ccccc23)cc1. The fourth-order valence-electron chi connectivity index (χ4n) is 8.19. The Morgan fingerprint density at radius 1 is 0.296 bits per heavy atom. The fourth-order valence-corrected chi connectivity index (χ4v) is 8.19. The minimum Gasteiger partial charge on any atom is -0.309 e. The molecule has 11 rings (SSSR count). The first kappa shape index (κ1) is 30.3. The van der Waals surface area contributed by atoms with Gasteiger partial charge in [0.15, 0.2) is 0 Å². The van der Waals surface area contributed by atoms with E-state index in [1.54, 1.807) is 0 Å². The van der Waals surface area contributed by atoms with Gasteiger partial charge in [0.05, 0.1) is 33.3 Å². The fraction of sp³-hybridized carbons (Fsp3) is 0. The van der Waals surface area contributed by atoms with Crippen molar-refractivity contribution in [2.75, 3.05) is 0 Å². The minimum absolute atomic E-state index is 0.928. The van der Waals surface area contributed by atoms with Crippen LogP contribution in [0.4, 0.5) is 0 Å². The Kier molecular flexibility index (Phi) is 6.82. The lowest BCUT2D eigenvalue weighted by Gasteiger charge is -2.12. The Balaban J connectivity index is 1.10. The van der Waals surface area contributed by atoms with Crippen molar-refractivity contribution in [3.8, 4) is 45.1 Å². The average molecular weight is 689 g/mol. The molecule has 0 bridgehead atoms. The standard InChI is InChI=1S/C50H32N4/c1-4-14-34(15-5-1)49-40-21-11-10-20-39(40)41-32-48-43(31-45(41)51-49)42-30-36(28-29-46(42)53(48)37-16-6-2-7-17-37)33-24-26-35(27-25-33)50-52-44-22-12-13-23-47(44)54(50)38-18-8-3-9-19-38/h1-32H. The van der Waals surface area contributed by atoms with E-state index in [0.29, 0.717) is 0 Å². The summed E-state index contributed by atoms with van der Waals surface area (Å²) in [5.41, 5.74) is 13.1. The molecule has 54 heavy (non-hydrogen) atoms. The molecule has 0 spiro atoms. The van der Waals surface area contributed by atoms with Gasteiger partial charge in [0.1, 0.15) is 5.82 Å². The van der Waals surface area contributed by atoms with Crippen LogP contribution in [-0.2, 0) is 0 Å². The first-order valence-corrected chi connectivity index (χ1v) is 18.3. The highest BCUT2D eigenvalue weighted by atomic mass is 15.1. The molecule has 0 saturated carbocycles. The predicted molar refractivity (Wildman–Crippen MR) is 225 cm³/mol. The van der Waals surface area contributed by atoms with Crippen LogP contribution < -0.4 is 0 Å². The predicted octanol–water partition coefficient (Wildman–Crippen LogP) is 12.8. The van der Waals surface area contributed by atoms with Crippen molar-refractivity contribution >= 4 is 54.5 Å². The van der Waals surface area contributed by atoms with Crippen LogP contribution in [0.15, 0.2) is 194 Å². The molecule has 0 fully saturated rings. The molecular weight excluding hydrogens is 657 g/mol. The lowest BCUT2D eigenvalue weighted by atomic mass is 9.98. The number of aromatic nitrogens is 4. The number of benzene rings is 8. The zero-order valence-corrected chi connectivity index (χ0v) is 29.3. The van der Waals surface area contributed by atoms with Crippen LogP contribution in [0.1, 0.15) is 0 Å². The molecule has 0 N–H and O–H groups in total. The number of imidazole rings is 1. The second-order valence-corrected chi connectivity index (χ2v) is 13.8. The Bertz CT molecular complexity index is 3180. The van der Waals surface area contributed by atoms with Gasteiger partial charge in [-0.1, -0.05) is 133 Å². The van der Waals surface area contributed by atoms with Gasteiger partial charge in [0, 0.05) is 44.0 Å². The van der Waals surface area contributed by atoms with Crippen molar-refractivity contribution in [2.45, 2.75) is 0 Å². The van der Waals surface area contributed by atoms with E-state index in [0.717, 1.165) is 83.5 Å². The van der Waals surface area contributed by atoms with Crippen molar-refractivity contribution in [2.24, 2.45) is 0 Å². The zero-order valence-electron chi connectivity index (χ0n) is 29.3. The van der Waals surface area contributed by atoms with Gasteiger partial charge in [-0.3, -0.25) is 4.57 Å². The lowest BCUT2D eigenvalue weighted by molar-refractivity contribution is 1.10. The minimum atomic E-state index is 0.928. The van der Waals surface area contributed by atoms with Crippen molar-refractivity contribution in [1.82, 2.24) is 19.1 Å². The van der Waals surface area contributed by atoms with Crippen LogP contribution in [0.3, 0.4) is 0 Å². The van der Waals surface area contributed by atoms with Gasteiger partial charge in [-0.25, -0.2) is 9.97 Å². The van der Waals surface area contributed by atoms with E-state index in [-0.39, 0.29) is 0 Å². The van der Waals surface area contributed by atoms with E-state index in [2.05, 4.69) is 191 Å². The summed E-state index contributed by atoms with van der Waals surface area (Å²) in [7, 11) is 0. The van der Waals surface area contributed by atoms with Crippen molar-refractivity contribution < 1.29 is 0 Å². The van der Waals surface area contributed by atoms with E-state index in [1.807, 2.05) is 12.1 Å². The molecule has 3 aromatic heterocycles. The first-order valence-electron chi connectivity index (χ1n) is 18.3. The molecule has 0 aliphatic rings. The van der Waals surface area contributed by atoms with Crippen LogP contribution in [-0.4, -0.2) is 19.1 Å². The monoisotopic (exact) mass is 688 g/mol. The summed E-state index contributed by atoms with van der Waals surface area (Å²) in [5, 5.41) is 5.88. The molecule has 4 heteroatoms. The highest BCUT2D eigenvalue weighted by Gasteiger charge is 2.19. The van der Waals surface area contributed by atoms with Crippen molar-refractivity contribution in [1.29, 1.82) is 0 Å². The topological polar surface area (TPSA) is 35.6 Å². The molecule has 3 heterocycles. The molecule has 0 aliphatic carbocycles. The smallest absolute Gasteiger partial charge is 0.145 e. The van der Waals surface area contributed by atoms with Crippen molar-refractivity contribution in [3.05, 3.63) is 194 Å². The zero-order chi connectivity index (χ0) is 35.6. The molecule has 0 saturated heterocycles. The molecule has 0 aliphatic heterocycles. The molecule has 11 aromatic rings. The van der Waals surface area contributed by atoms with Crippen molar-refractivity contribution in [3.63, 3.8) is 0 Å². The maximum absolute atomic E-state index is 5.36. The highest BCUT2D eigenvalue weighted by molar-refractivity contribution is 6.19. The van der Waals surface area contributed by atoms with Crippen LogP contribution in [0, 0.1) is 0 Å². The summed E-state index contributed by atoms with van der Waals surface area (Å²) in [5.74, 6) is 0.928. The molecule has 0 radical (unpaired) electrons. The van der Waals surface area contributed by atoms with E-state index < -0.39 is 0 Å². The second kappa shape index (κ2) is 12.1. The van der Waals surface area contributed by atoms with E-state index in [1.165, 1.54) is 16.2 Å². The van der Waals surface area contributed by atoms with Crippen LogP contribution in [0.5, 0.6) is 0 Å². The summed E-state index contributed by atoms with van der Waals surface area (Å²) in [6.07, 6.45) is 0. The third-order valence-electron chi connectivity index (χ3n) is 10.7. The number of nitrogens with zero attached hydrogens (tertiary/aromatic N) is 4. The third-order valence-corrected chi connectivity index (χ3v) is 10.7. The Morgan fingerprint density at radius 2 is 0.889 bits per heavy atom. The van der Waals surface area contributed by atoms with Gasteiger partial charge in [0.25, 0.3) is 0 Å². The summed E-state index contributed by atoms with van der Waals surface area (Å²) in [4.78, 5) is 10.5. The number of fused-ring (bicyclic) bond motifs is 7. The van der Waals surface area contributed by atoms with Crippen LogP contribution >= 0.6 is 0 Å². The number of hydrogen-bond donors (Lipinski definition) is 0. The summed E-state index contributed by atoms with van der Waals surface area (Å²) in [6, 6.07) is 69.0. The summed E-state index contributed by atoms with van der Waals surface area (Å²) < 4.78 is 4.64. The summed E-state index contributed by atoms with van der Waals surface area (Å²) >= 11 is 0. The molecule has 0 atom stereocenters. The molecule has 4 nitrogen and oxygen atoms in total. The maximum atomic E-state index is 5.36. The van der Waals surface area contributed by atoms with E-state index >= 15 is 0 Å². The quantitative estimate of drug-likeness (QED) is 0.169. The molecule has 0 unspecified atom stereocenters. The van der Waals surface area contributed by atoms with Gasteiger partial charge in [-0.15, -0.1) is 0 Å². The molecule has 0 amide bonds. The number of rotatable bonds is 5. The van der Waals surface area contributed by atoms with Gasteiger partial charge < -0.3 is 4.57 Å². The third kappa shape index (κ3) is 4.78. The highest BCUT2D eigenvalue weighted by Crippen LogP contribution is 2.40. The number of para-hydroxylation sites is 4. The Morgan fingerprint density at radius 3 is 1.65 bits per heavy atom. The van der Waals surface area contributed by atoms with E-state index in [9.17, 15) is 0 Å². The Hall–Kier alpha value is -7.30. The summed E-state index contributed by atoms with van der Waals surface area (Å²) in [6.45, 7) is 0. The lowest BCUT2D eigenvalue weighted by Crippen LogP contribution is -1.97. The van der Waals surface area contributed by atoms with Crippen LogP contribution in [0.25, 0.3) is 99.7 Å². The molecular formula is C50H32N4. The normalized spacial score (nSPS) is 11.7. The number of pyridine rings is 1. The van der Waals surface area contributed by atoms with Gasteiger partial charge in [-0.05, 0) is 77.2 Å². The Labute approximate surface area is 311 Å². The largest absolute Gasteiger partial charge is 0.309 e. The van der Waals surface area contributed by atoms with E-state index in [4.69, 9.17) is 9.97 Å².